The van der Waals surface area contributed by atoms with Crippen LogP contribution in [0.1, 0.15) is 52.0 Å². The third-order valence-electron chi connectivity index (χ3n) is 10.5. The summed E-state index contributed by atoms with van der Waals surface area (Å²) in [6, 6.07) is 31.7. The number of hydrogen-bond acceptors (Lipinski definition) is 8. The van der Waals surface area contributed by atoms with E-state index in [4.69, 9.17) is 10.5 Å². The quantitative estimate of drug-likeness (QED) is 0.101. The van der Waals surface area contributed by atoms with Crippen LogP contribution in [0, 0.1) is 5.92 Å². The van der Waals surface area contributed by atoms with Crippen molar-refractivity contribution in [3.05, 3.63) is 137 Å². The number of rotatable bonds is 11. The molecule has 2 aliphatic heterocycles. The number of nitrogen functional groups attached to an aromatic ring is 1. The molecule has 52 heavy (non-hydrogen) atoms. The summed E-state index contributed by atoms with van der Waals surface area (Å²) in [4.78, 5) is 41.2. The summed E-state index contributed by atoms with van der Waals surface area (Å²) in [6.07, 6.45) is 1.94. The standard InChI is InChI=1S/C40H44N6O5Si/c1-26-37(52(2,3)50)36(20-21-45-24-34(43-44-45)32(25-47)28-11-5-4-6-12-28)51-40(26)33-14-7-8-15-35(33)46(39(40)49)23-27-10-9-13-31(22-27)42-38(48)29-16-18-30(41)19-17-29/h4-19,22,24,26,32,36-37,47,50H,20-21,23,25,41H2,1-3H3,(H,42,48)/t26-,32?,36+,37-,40+/m1/s1. The zero-order valence-electron chi connectivity index (χ0n) is 29.5. The minimum atomic E-state index is -2.87. The number of benzene rings is 4. The number of aliphatic hydroxyl groups is 1. The van der Waals surface area contributed by atoms with E-state index in [9.17, 15) is 19.5 Å². The highest BCUT2D eigenvalue weighted by Gasteiger charge is 2.66. The summed E-state index contributed by atoms with van der Waals surface area (Å²) < 4.78 is 8.73. The first-order valence-corrected chi connectivity index (χ1v) is 20.7. The molecule has 2 aliphatic rings. The zero-order valence-corrected chi connectivity index (χ0v) is 30.5. The van der Waals surface area contributed by atoms with Crippen molar-refractivity contribution in [1.82, 2.24) is 15.0 Å². The molecule has 1 spiro atoms. The number of ether oxygens (including phenoxy) is 1. The number of hydrogen-bond donors (Lipinski definition) is 4. The molecule has 268 valence electrons. The highest BCUT2D eigenvalue weighted by Crippen LogP contribution is 2.59. The highest BCUT2D eigenvalue weighted by atomic mass is 28.4. The second-order valence-corrected chi connectivity index (χ2v) is 18.4. The molecule has 11 nitrogen and oxygen atoms in total. The molecule has 1 saturated heterocycles. The largest absolute Gasteiger partial charge is 0.432 e. The lowest BCUT2D eigenvalue weighted by molar-refractivity contribution is -0.146. The molecule has 3 heterocycles. The van der Waals surface area contributed by atoms with Crippen LogP contribution in [0.2, 0.25) is 18.6 Å². The number of anilines is 3. The molecule has 5 aromatic rings. The Morgan fingerprint density at radius 3 is 2.48 bits per heavy atom. The molecular formula is C40H44N6O5Si. The van der Waals surface area contributed by atoms with E-state index in [-0.39, 0.29) is 42.3 Å². The van der Waals surface area contributed by atoms with Gasteiger partial charge in [-0.05, 0) is 73.1 Å². The van der Waals surface area contributed by atoms with Gasteiger partial charge in [-0.25, -0.2) is 0 Å². The van der Waals surface area contributed by atoms with Gasteiger partial charge >= 0.3 is 0 Å². The Balaban J connectivity index is 1.12. The molecule has 5 atom stereocenters. The summed E-state index contributed by atoms with van der Waals surface area (Å²) in [5.74, 6) is -1.03. The first-order valence-electron chi connectivity index (χ1n) is 17.6. The van der Waals surface area contributed by atoms with Crippen LogP contribution < -0.4 is 16.0 Å². The molecule has 12 heteroatoms. The van der Waals surface area contributed by atoms with Crippen molar-refractivity contribution in [3.8, 4) is 0 Å². The SMILES string of the molecule is C[C@@H]1[C@@H]([Si](C)(C)O)[C@H](CCn2cc(C(CO)c3ccccc3)nn2)O[C@@]12C(=O)N(Cc1cccc(NC(=O)c3ccc(N)cc3)c1)c1ccccc12. The predicted molar refractivity (Wildman–Crippen MR) is 202 cm³/mol. The van der Waals surface area contributed by atoms with Gasteiger partial charge in [0.2, 0.25) is 0 Å². The van der Waals surface area contributed by atoms with Crippen LogP contribution in [-0.2, 0) is 28.2 Å². The van der Waals surface area contributed by atoms with Gasteiger partial charge in [0.05, 0.1) is 36.6 Å². The maximum atomic E-state index is 14.8. The maximum Gasteiger partial charge on any atom is 0.264 e. The molecule has 0 radical (unpaired) electrons. The maximum absolute atomic E-state index is 14.8. The zero-order chi connectivity index (χ0) is 36.6. The highest BCUT2D eigenvalue weighted by molar-refractivity contribution is 6.71. The average molecular weight is 717 g/mol. The van der Waals surface area contributed by atoms with E-state index < -0.39 is 20.0 Å². The number of aryl methyl sites for hydroxylation is 1. The Morgan fingerprint density at radius 2 is 1.75 bits per heavy atom. The number of aliphatic hydroxyl groups excluding tert-OH is 1. The number of aromatic nitrogens is 3. The molecule has 0 bridgehead atoms. The molecule has 4 aromatic carbocycles. The van der Waals surface area contributed by atoms with Crippen molar-refractivity contribution in [2.45, 2.75) is 62.7 Å². The molecule has 1 aromatic heterocycles. The molecule has 7 rings (SSSR count). The summed E-state index contributed by atoms with van der Waals surface area (Å²) in [7, 11) is -2.87. The number of nitrogens with one attached hydrogen (secondary N) is 1. The minimum absolute atomic E-state index is 0.0958. The second kappa shape index (κ2) is 14.1. The summed E-state index contributed by atoms with van der Waals surface area (Å²) in [6.45, 7) is 6.49. The van der Waals surface area contributed by atoms with E-state index in [1.807, 2.05) is 105 Å². The number of nitrogens with two attached hydrogens (primary N) is 1. The smallest absolute Gasteiger partial charge is 0.264 e. The molecule has 0 aliphatic carbocycles. The lowest BCUT2D eigenvalue weighted by Gasteiger charge is -2.32. The number of para-hydroxylation sites is 1. The van der Waals surface area contributed by atoms with Gasteiger partial charge in [0.1, 0.15) is 0 Å². The average Bonchev–Trinajstić information content (AvgIpc) is 3.79. The van der Waals surface area contributed by atoms with Crippen molar-refractivity contribution in [3.63, 3.8) is 0 Å². The van der Waals surface area contributed by atoms with Crippen molar-refractivity contribution in [1.29, 1.82) is 0 Å². The van der Waals surface area contributed by atoms with Gasteiger partial charge in [0.15, 0.2) is 13.9 Å². The lowest BCUT2D eigenvalue weighted by atomic mass is 9.82. The number of nitrogens with zero attached hydrogens (tertiary/aromatic N) is 4. The Hall–Kier alpha value is -5.14. The van der Waals surface area contributed by atoms with Crippen LogP contribution in [0.25, 0.3) is 0 Å². The molecule has 0 saturated carbocycles. The molecule has 5 N–H and O–H groups in total. The van der Waals surface area contributed by atoms with Crippen LogP contribution >= 0.6 is 0 Å². The third-order valence-corrected chi connectivity index (χ3v) is 13.0. The van der Waals surface area contributed by atoms with Crippen LogP contribution in [0.5, 0.6) is 0 Å². The van der Waals surface area contributed by atoms with Gasteiger partial charge in [-0.1, -0.05) is 72.8 Å². The fourth-order valence-corrected chi connectivity index (χ4v) is 10.7. The van der Waals surface area contributed by atoms with Crippen LogP contribution in [-0.4, -0.2) is 57.7 Å². The monoisotopic (exact) mass is 716 g/mol. The lowest BCUT2D eigenvalue weighted by Crippen LogP contribution is -2.46. The number of carbonyl (C=O) groups is 2. The van der Waals surface area contributed by atoms with Gasteiger partial charge < -0.3 is 30.6 Å². The van der Waals surface area contributed by atoms with E-state index in [0.29, 0.717) is 35.6 Å². The van der Waals surface area contributed by atoms with E-state index >= 15 is 0 Å². The van der Waals surface area contributed by atoms with Crippen molar-refractivity contribution >= 4 is 37.2 Å². The fraction of sp³-hybridized carbons (Fsp3) is 0.300. The van der Waals surface area contributed by atoms with Gasteiger partial charge in [0, 0.05) is 46.7 Å². The fourth-order valence-electron chi connectivity index (χ4n) is 8.12. The van der Waals surface area contributed by atoms with Crippen LogP contribution in [0.15, 0.2) is 109 Å². The minimum Gasteiger partial charge on any atom is -0.432 e. The summed E-state index contributed by atoms with van der Waals surface area (Å²) in [5, 5.41) is 21.8. The van der Waals surface area contributed by atoms with Gasteiger partial charge in [-0.3, -0.25) is 14.3 Å². The Kier molecular flexibility index (Phi) is 9.57. The number of amides is 2. The molecule has 1 fully saturated rings. The Morgan fingerprint density at radius 1 is 1.02 bits per heavy atom. The number of fused-ring (bicyclic) bond motifs is 2. The summed E-state index contributed by atoms with van der Waals surface area (Å²) in [5.41, 5.74) is 9.97. The first-order chi connectivity index (χ1) is 25.0. The molecular weight excluding hydrogens is 673 g/mol. The van der Waals surface area contributed by atoms with E-state index in [1.54, 1.807) is 33.8 Å². The third kappa shape index (κ3) is 6.54. The van der Waals surface area contributed by atoms with E-state index in [2.05, 4.69) is 15.6 Å². The van der Waals surface area contributed by atoms with Gasteiger partial charge in [0.25, 0.3) is 11.8 Å². The first kappa shape index (κ1) is 35.3. The second-order valence-electron chi connectivity index (χ2n) is 14.4. The topological polar surface area (TPSA) is 156 Å². The normalized spacial score (nSPS) is 21.8. The van der Waals surface area contributed by atoms with Gasteiger partial charge in [-0.2, -0.15) is 0 Å². The van der Waals surface area contributed by atoms with Crippen molar-refractivity contribution in [2.75, 3.05) is 22.6 Å². The summed E-state index contributed by atoms with van der Waals surface area (Å²) >= 11 is 0. The van der Waals surface area contributed by atoms with E-state index in [1.165, 1.54) is 0 Å². The Labute approximate surface area is 304 Å². The van der Waals surface area contributed by atoms with Gasteiger partial charge in [-0.15, -0.1) is 5.10 Å². The Bertz CT molecular complexity index is 2070. The molecule has 1 unspecified atom stereocenters. The van der Waals surface area contributed by atoms with Crippen LogP contribution in [0.4, 0.5) is 17.1 Å². The van der Waals surface area contributed by atoms with E-state index in [0.717, 1.165) is 22.4 Å². The van der Waals surface area contributed by atoms with Crippen molar-refractivity contribution < 1.29 is 24.2 Å². The number of carbonyl (C=O) groups excluding carboxylic acids is 2. The van der Waals surface area contributed by atoms with Crippen molar-refractivity contribution in [2.24, 2.45) is 5.92 Å². The predicted octanol–water partition coefficient (Wildman–Crippen LogP) is 5.67. The van der Waals surface area contributed by atoms with Crippen LogP contribution in [0.3, 0.4) is 0 Å². The molecule has 2 amide bonds.